The van der Waals surface area contributed by atoms with E-state index in [-0.39, 0.29) is 6.04 Å². The summed E-state index contributed by atoms with van der Waals surface area (Å²) >= 11 is 1.71. The molecule has 0 saturated carbocycles. The number of benzene rings is 1. The molecule has 0 aliphatic heterocycles. The molecule has 0 aliphatic carbocycles. The number of rotatable bonds is 5. The standard InChI is InChI=1S/C14H19N3S/c1-11-14(18-10-16-11)9-17(2)13(8-15)12-6-4-3-5-7-12/h3-7,10,13H,8-9,15H2,1-2H3. The highest BCUT2D eigenvalue weighted by molar-refractivity contribution is 7.09. The van der Waals surface area contributed by atoms with E-state index in [0.29, 0.717) is 6.54 Å². The predicted octanol–water partition coefficient (Wildman–Crippen LogP) is 2.58. The number of likely N-dealkylation sites (N-methyl/N-ethyl adjacent to an activating group) is 1. The second kappa shape index (κ2) is 6.09. The van der Waals surface area contributed by atoms with Gasteiger partial charge in [-0.25, -0.2) is 4.98 Å². The molecule has 0 amide bonds. The van der Waals surface area contributed by atoms with Crippen LogP contribution in [0.1, 0.15) is 22.2 Å². The lowest BCUT2D eigenvalue weighted by Gasteiger charge is -2.27. The SMILES string of the molecule is Cc1ncsc1CN(C)C(CN)c1ccccc1. The third-order valence-corrected chi connectivity index (χ3v) is 4.10. The molecular formula is C14H19N3S. The Morgan fingerprint density at radius 3 is 2.61 bits per heavy atom. The van der Waals surface area contributed by atoms with Crippen molar-refractivity contribution in [2.75, 3.05) is 13.6 Å². The normalized spacial score (nSPS) is 12.9. The molecule has 1 aromatic carbocycles. The summed E-state index contributed by atoms with van der Waals surface area (Å²) in [6, 6.07) is 10.7. The number of hydrogen-bond donors (Lipinski definition) is 1. The summed E-state index contributed by atoms with van der Waals surface area (Å²) in [7, 11) is 2.11. The maximum Gasteiger partial charge on any atom is 0.0798 e. The van der Waals surface area contributed by atoms with Crippen LogP contribution in [0.5, 0.6) is 0 Å². The molecule has 1 heterocycles. The van der Waals surface area contributed by atoms with Crippen molar-refractivity contribution in [3.05, 3.63) is 52.0 Å². The Morgan fingerprint density at radius 2 is 2.06 bits per heavy atom. The smallest absolute Gasteiger partial charge is 0.0798 e. The van der Waals surface area contributed by atoms with Crippen LogP contribution in [0.2, 0.25) is 0 Å². The number of hydrogen-bond acceptors (Lipinski definition) is 4. The molecule has 4 heteroatoms. The number of nitrogens with zero attached hydrogens (tertiary/aromatic N) is 2. The zero-order valence-corrected chi connectivity index (χ0v) is 11.7. The maximum atomic E-state index is 5.92. The van der Waals surface area contributed by atoms with Crippen LogP contribution >= 0.6 is 11.3 Å². The van der Waals surface area contributed by atoms with Crippen molar-refractivity contribution < 1.29 is 0 Å². The zero-order chi connectivity index (χ0) is 13.0. The number of aromatic nitrogens is 1. The van der Waals surface area contributed by atoms with Crippen molar-refractivity contribution in [2.45, 2.75) is 19.5 Å². The van der Waals surface area contributed by atoms with Crippen molar-refractivity contribution >= 4 is 11.3 Å². The average molecular weight is 261 g/mol. The fourth-order valence-electron chi connectivity index (χ4n) is 2.06. The summed E-state index contributed by atoms with van der Waals surface area (Å²) in [4.78, 5) is 7.89. The summed E-state index contributed by atoms with van der Waals surface area (Å²) in [6.45, 7) is 3.57. The molecule has 0 spiro atoms. The van der Waals surface area contributed by atoms with E-state index in [4.69, 9.17) is 5.73 Å². The molecule has 0 bridgehead atoms. The predicted molar refractivity (Wildman–Crippen MR) is 76.6 cm³/mol. The van der Waals surface area contributed by atoms with Crippen LogP contribution in [0.25, 0.3) is 0 Å². The Bertz CT molecular complexity index is 481. The minimum Gasteiger partial charge on any atom is -0.329 e. The molecule has 0 saturated heterocycles. The highest BCUT2D eigenvalue weighted by atomic mass is 32.1. The summed E-state index contributed by atoms with van der Waals surface area (Å²) in [5.41, 5.74) is 10.2. The van der Waals surface area contributed by atoms with Gasteiger partial charge in [-0.05, 0) is 19.5 Å². The summed E-state index contributed by atoms with van der Waals surface area (Å²) in [6.07, 6.45) is 0. The molecule has 1 unspecified atom stereocenters. The van der Waals surface area contributed by atoms with E-state index in [1.165, 1.54) is 10.4 Å². The van der Waals surface area contributed by atoms with E-state index in [0.717, 1.165) is 12.2 Å². The van der Waals surface area contributed by atoms with E-state index in [9.17, 15) is 0 Å². The molecule has 1 aromatic heterocycles. The molecule has 2 N–H and O–H groups in total. The van der Waals surface area contributed by atoms with Crippen LogP contribution in [0.15, 0.2) is 35.8 Å². The van der Waals surface area contributed by atoms with Gasteiger partial charge in [-0.2, -0.15) is 0 Å². The first kappa shape index (κ1) is 13.2. The molecule has 96 valence electrons. The highest BCUT2D eigenvalue weighted by Gasteiger charge is 2.16. The zero-order valence-electron chi connectivity index (χ0n) is 10.8. The second-order valence-corrected chi connectivity index (χ2v) is 5.38. The van der Waals surface area contributed by atoms with Crippen LogP contribution < -0.4 is 5.73 Å². The molecule has 18 heavy (non-hydrogen) atoms. The number of aryl methyl sites for hydroxylation is 1. The molecule has 0 radical (unpaired) electrons. The van der Waals surface area contributed by atoms with Gasteiger partial charge in [0.1, 0.15) is 0 Å². The summed E-state index contributed by atoms with van der Waals surface area (Å²) in [5, 5.41) is 0. The van der Waals surface area contributed by atoms with Gasteiger partial charge in [0.2, 0.25) is 0 Å². The fourth-order valence-corrected chi connectivity index (χ4v) is 2.90. The van der Waals surface area contributed by atoms with Gasteiger partial charge in [0, 0.05) is 24.0 Å². The Kier molecular flexibility index (Phi) is 4.47. The van der Waals surface area contributed by atoms with Crippen molar-refractivity contribution in [3.63, 3.8) is 0 Å². The Labute approximate surface area is 112 Å². The monoisotopic (exact) mass is 261 g/mol. The van der Waals surface area contributed by atoms with Crippen LogP contribution in [0.4, 0.5) is 0 Å². The van der Waals surface area contributed by atoms with Crippen molar-refractivity contribution in [3.8, 4) is 0 Å². The lowest BCUT2D eigenvalue weighted by Crippen LogP contribution is -2.30. The summed E-state index contributed by atoms with van der Waals surface area (Å²) in [5.74, 6) is 0. The number of nitrogens with two attached hydrogens (primary N) is 1. The van der Waals surface area contributed by atoms with E-state index >= 15 is 0 Å². The third-order valence-electron chi connectivity index (χ3n) is 3.18. The Morgan fingerprint density at radius 1 is 1.33 bits per heavy atom. The first-order chi connectivity index (χ1) is 8.72. The van der Waals surface area contributed by atoms with Gasteiger partial charge in [-0.1, -0.05) is 30.3 Å². The molecule has 3 nitrogen and oxygen atoms in total. The van der Waals surface area contributed by atoms with Crippen LogP contribution in [-0.2, 0) is 6.54 Å². The lowest BCUT2D eigenvalue weighted by molar-refractivity contribution is 0.243. The van der Waals surface area contributed by atoms with Crippen LogP contribution in [0.3, 0.4) is 0 Å². The highest BCUT2D eigenvalue weighted by Crippen LogP contribution is 2.22. The Balaban J connectivity index is 2.11. The topological polar surface area (TPSA) is 42.2 Å². The van der Waals surface area contributed by atoms with E-state index < -0.39 is 0 Å². The van der Waals surface area contributed by atoms with Gasteiger partial charge in [-0.15, -0.1) is 11.3 Å². The van der Waals surface area contributed by atoms with Crippen molar-refractivity contribution in [1.82, 2.24) is 9.88 Å². The lowest BCUT2D eigenvalue weighted by atomic mass is 10.1. The second-order valence-electron chi connectivity index (χ2n) is 4.44. The van der Waals surface area contributed by atoms with Gasteiger partial charge in [0.15, 0.2) is 0 Å². The van der Waals surface area contributed by atoms with E-state index in [1.807, 2.05) is 11.6 Å². The third kappa shape index (κ3) is 2.96. The number of thiazole rings is 1. The van der Waals surface area contributed by atoms with E-state index in [1.54, 1.807) is 11.3 Å². The van der Waals surface area contributed by atoms with Crippen LogP contribution in [0, 0.1) is 6.92 Å². The first-order valence-electron chi connectivity index (χ1n) is 6.06. The first-order valence-corrected chi connectivity index (χ1v) is 6.94. The van der Waals surface area contributed by atoms with Gasteiger partial charge in [0.05, 0.1) is 11.2 Å². The molecule has 0 fully saturated rings. The minimum absolute atomic E-state index is 0.257. The van der Waals surface area contributed by atoms with Crippen molar-refractivity contribution in [2.24, 2.45) is 5.73 Å². The van der Waals surface area contributed by atoms with E-state index in [2.05, 4.69) is 48.1 Å². The Hall–Kier alpha value is -1.23. The van der Waals surface area contributed by atoms with Gasteiger partial charge < -0.3 is 5.73 Å². The fraction of sp³-hybridized carbons (Fsp3) is 0.357. The van der Waals surface area contributed by atoms with Gasteiger partial charge in [-0.3, -0.25) is 4.90 Å². The van der Waals surface area contributed by atoms with Crippen molar-refractivity contribution in [1.29, 1.82) is 0 Å². The quantitative estimate of drug-likeness (QED) is 0.899. The van der Waals surface area contributed by atoms with Crippen LogP contribution in [-0.4, -0.2) is 23.5 Å². The van der Waals surface area contributed by atoms with Gasteiger partial charge >= 0.3 is 0 Å². The largest absolute Gasteiger partial charge is 0.329 e. The minimum atomic E-state index is 0.257. The van der Waals surface area contributed by atoms with Gasteiger partial charge in [0.25, 0.3) is 0 Å². The molecule has 0 aliphatic rings. The average Bonchev–Trinajstić information content (AvgIpc) is 2.77. The molecule has 2 aromatic rings. The molecule has 1 atom stereocenters. The molecular weight excluding hydrogens is 242 g/mol. The molecule has 2 rings (SSSR count). The summed E-state index contributed by atoms with van der Waals surface area (Å²) < 4.78 is 0. The maximum absolute atomic E-state index is 5.92.